The molecule has 3 N–H and O–H groups in total. The lowest BCUT2D eigenvalue weighted by Crippen LogP contribution is -2.26. The molecular formula is C13H14F2N2O2S. The van der Waals surface area contributed by atoms with Crippen molar-refractivity contribution < 1.29 is 18.4 Å². The van der Waals surface area contributed by atoms with Gasteiger partial charge in [0, 0.05) is 23.6 Å². The molecular weight excluding hydrogens is 286 g/mol. The third-order valence-corrected chi connectivity index (χ3v) is 4.83. The SMILES string of the molecule is NC(=O)c1c(NC(=O)C2CC2)sc2c1CCC(F)(F)C2. The molecule has 1 aromatic heterocycles. The van der Waals surface area contributed by atoms with E-state index in [2.05, 4.69) is 5.32 Å². The summed E-state index contributed by atoms with van der Waals surface area (Å²) in [7, 11) is 0. The van der Waals surface area contributed by atoms with E-state index in [0.29, 0.717) is 15.4 Å². The Balaban J connectivity index is 1.95. The molecule has 0 radical (unpaired) electrons. The van der Waals surface area contributed by atoms with Gasteiger partial charge >= 0.3 is 0 Å². The fourth-order valence-corrected chi connectivity index (χ4v) is 3.79. The van der Waals surface area contributed by atoms with Crippen molar-refractivity contribution in [1.29, 1.82) is 0 Å². The Morgan fingerprint density at radius 2 is 2.05 bits per heavy atom. The van der Waals surface area contributed by atoms with Crippen LogP contribution in [0.25, 0.3) is 0 Å². The van der Waals surface area contributed by atoms with Crippen LogP contribution in [0.1, 0.15) is 40.1 Å². The monoisotopic (exact) mass is 300 g/mol. The van der Waals surface area contributed by atoms with Gasteiger partial charge in [-0.3, -0.25) is 9.59 Å². The first kappa shape index (κ1) is 13.5. The summed E-state index contributed by atoms with van der Waals surface area (Å²) in [6, 6.07) is 0. The molecule has 0 aliphatic heterocycles. The van der Waals surface area contributed by atoms with Crippen LogP contribution >= 0.6 is 11.3 Å². The average Bonchev–Trinajstić information content (AvgIpc) is 3.10. The van der Waals surface area contributed by atoms with Gasteiger partial charge in [-0.05, 0) is 24.8 Å². The maximum absolute atomic E-state index is 13.4. The Labute approximate surface area is 118 Å². The molecule has 1 aromatic rings. The number of fused-ring (bicyclic) bond motifs is 1. The molecule has 4 nitrogen and oxygen atoms in total. The van der Waals surface area contributed by atoms with Crippen molar-refractivity contribution in [2.24, 2.45) is 11.7 Å². The normalized spacial score (nSPS) is 20.3. The summed E-state index contributed by atoms with van der Waals surface area (Å²) in [5.74, 6) is -3.59. The van der Waals surface area contributed by atoms with Gasteiger partial charge in [-0.2, -0.15) is 0 Å². The number of carbonyl (C=O) groups excluding carboxylic acids is 2. The number of amides is 2. The zero-order chi connectivity index (χ0) is 14.5. The second-order valence-electron chi connectivity index (χ2n) is 5.37. The van der Waals surface area contributed by atoms with E-state index in [1.807, 2.05) is 0 Å². The molecule has 1 saturated carbocycles. The number of thiophene rings is 1. The molecule has 2 aliphatic rings. The first-order chi connectivity index (χ1) is 9.37. The molecule has 0 spiro atoms. The van der Waals surface area contributed by atoms with Crippen LogP contribution in [0, 0.1) is 5.92 Å². The summed E-state index contributed by atoms with van der Waals surface area (Å²) >= 11 is 1.05. The second-order valence-corrected chi connectivity index (χ2v) is 6.47. The van der Waals surface area contributed by atoms with Crippen LogP contribution in [0.5, 0.6) is 0 Å². The van der Waals surface area contributed by atoms with Gasteiger partial charge in [-0.1, -0.05) is 0 Å². The zero-order valence-corrected chi connectivity index (χ0v) is 11.5. The third-order valence-electron chi connectivity index (χ3n) is 3.68. The van der Waals surface area contributed by atoms with Crippen LogP contribution in [0.4, 0.5) is 13.8 Å². The van der Waals surface area contributed by atoms with Gasteiger partial charge in [-0.15, -0.1) is 11.3 Å². The molecule has 2 amide bonds. The highest BCUT2D eigenvalue weighted by atomic mass is 32.1. The molecule has 3 rings (SSSR count). The minimum absolute atomic E-state index is 0.0173. The van der Waals surface area contributed by atoms with Crippen molar-refractivity contribution in [2.45, 2.75) is 38.0 Å². The van der Waals surface area contributed by atoms with E-state index in [0.717, 1.165) is 24.2 Å². The van der Waals surface area contributed by atoms with E-state index < -0.39 is 11.8 Å². The van der Waals surface area contributed by atoms with Crippen molar-refractivity contribution >= 4 is 28.2 Å². The number of anilines is 1. The van der Waals surface area contributed by atoms with Crippen molar-refractivity contribution in [3.05, 3.63) is 16.0 Å². The number of nitrogens with two attached hydrogens (primary N) is 1. The van der Waals surface area contributed by atoms with Gasteiger partial charge in [0.2, 0.25) is 5.91 Å². The first-order valence-electron chi connectivity index (χ1n) is 6.50. The van der Waals surface area contributed by atoms with Crippen molar-refractivity contribution in [3.8, 4) is 0 Å². The fourth-order valence-electron chi connectivity index (χ4n) is 2.46. The molecule has 7 heteroatoms. The van der Waals surface area contributed by atoms with Gasteiger partial charge < -0.3 is 11.1 Å². The molecule has 0 bridgehead atoms. The van der Waals surface area contributed by atoms with E-state index in [9.17, 15) is 18.4 Å². The molecule has 20 heavy (non-hydrogen) atoms. The highest BCUT2D eigenvalue weighted by molar-refractivity contribution is 7.17. The lowest BCUT2D eigenvalue weighted by atomic mass is 9.92. The van der Waals surface area contributed by atoms with Gasteiger partial charge in [0.15, 0.2) is 0 Å². The number of carbonyl (C=O) groups is 2. The molecule has 1 heterocycles. The number of hydrogen-bond acceptors (Lipinski definition) is 3. The van der Waals surface area contributed by atoms with E-state index in [-0.39, 0.29) is 36.7 Å². The number of hydrogen-bond donors (Lipinski definition) is 2. The Kier molecular flexibility index (Phi) is 3.04. The molecule has 108 valence electrons. The second kappa shape index (κ2) is 4.51. The highest BCUT2D eigenvalue weighted by Crippen LogP contribution is 2.43. The molecule has 0 atom stereocenters. The van der Waals surface area contributed by atoms with Gasteiger partial charge in [-0.25, -0.2) is 8.78 Å². The number of primary amides is 1. The predicted molar refractivity (Wildman–Crippen MR) is 71.2 cm³/mol. The minimum Gasteiger partial charge on any atom is -0.365 e. The topological polar surface area (TPSA) is 72.2 Å². The quantitative estimate of drug-likeness (QED) is 0.899. The van der Waals surface area contributed by atoms with Crippen molar-refractivity contribution in [2.75, 3.05) is 5.32 Å². The summed E-state index contributed by atoms with van der Waals surface area (Å²) < 4.78 is 26.9. The van der Waals surface area contributed by atoms with Crippen LogP contribution < -0.4 is 11.1 Å². The number of alkyl halides is 2. The van der Waals surface area contributed by atoms with Crippen molar-refractivity contribution in [1.82, 2.24) is 0 Å². The van der Waals surface area contributed by atoms with Crippen LogP contribution in [0.15, 0.2) is 0 Å². The summed E-state index contributed by atoms with van der Waals surface area (Å²) in [4.78, 5) is 23.8. The Hall–Kier alpha value is -1.50. The standard InChI is InChI=1S/C13H14F2N2O2S/c14-13(15)4-3-7-8(5-13)20-12(9(7)10(16)18)17-11(19)6-1-2-6/h6H,1-5H2,(H2,16,18)(H,17,19). The van der Waals surface area contributed by atoms with E-state index >= 15 is 0 Å². The summed E-state index contributed by atoms with van der Waals surface area (Å²) in [6.07, 6.45) is 1.12. The number of halogens is 2. The molecule has 0 unspecified atom stereocenters. The summed E-state index contributed by atoms with van der Waals surface area (Å²) in [5.41, 5.74) is 6.15. The van der Waals surface area contributed by atoms with Crippen LogP contribution in [0.3, 0.4) is 0 Å². The third kappa shape index (κ3) is 2.42. The van der Waals surface area contributed by atoms with Crippen LogP contribution in [-0.4, -0.2) is 17.7 Å². The lowest BCUT2D eigenvalue weighted by Gasteiger charge is -2.21. The maximum Gasteiger partial charge on any atom is 0.253 e. The van der Waals surface area contributed by atoms with Gasteiger partial charge in [0.25, 0.3) is 11.8 Å². The van der Waals surface area contributed by atoms with Gasteiger partial charge in [0.1, 0.15) is 5.00 Å². The lowest BCUT2D eigenvalue weighted by molar-refractivity contribution is -0.117. The molecule has 0 aromatic carbocycles. The van der Waals surface area contributed by atoms with E-state index in [1.165, 1.54) is 0 Å². The Bertz CT molecular complexity index is 593. The van der Waals surface area contributed by atoms with Crippen LogP contribution in [0.2, 0.25) is 0 Å². The predicted octanol–water partition coefficient (Wildman–Crippen LogP) is 2.32. The van der Waals surface area contributed by atoms with E-state index in [1.54, 1.807) is 0 Å². The molecule has 0 saturated heterocycles. The fraction of sp³-hybridized carbons (Fsp3) is 0.538. The largest absolute Gasteiger partial charge is 0.365 e. The minimum atomic E-state index is -2.75. The smallest absolute Gasteiger partial charge is 0.253 e. The summed E-state index contributed by atoms with van der Waals surface area (Å²) in [6.45, 7) is 0. The van der Waals surface area contributed by atoms with Crippen molar-refractivity contribution in [3.63, 3.8) is 0 Å². The number of nitrogens with one attached hydrogen (secondary N) is 1. The average molecular weight is 300 g/mol. The van der Waals surface area contributed by atoms with E-state index in [4.69, 9.17) is 5.73 Å². The first-order valence-corrected chi connectivity index (χ1v) is 7.32. The van der Waals surface area contributed by atoms with Crippen LogP contribution in [-0.2, 0) is 17.6 Å². The molecule has 1 fully saturated rings. The Morgan fingerprint density at radius 3 is 2.65 bits per heavy atom. The molecule has 2 aliphatic carbocycles. The van der Waals surface area contributed by atoms with Gasteiger partial charge in [0.05, 0.1) is 5.56 Å². The maximum atomic E-state index is 13.4. The highest BCUT2D eigenvalue weighted by Gasteiger charge is 2.39. The number of rotatable bonds is 3. The summed E-state index contributed by atoms with van der Waals surface area (Å²) in [5, 5.41) is 3.00. The Morgan fingerprint density at radius 1 is 1.35 bits per heavy atom. The zero-order valence-electron chi connectivity index (χ0n) is 10.7.